The van der Waals surface area contributed by atoms with E-state index in [9.17, 15) is 4.79 Å². The Hall–Kier alpha value is -1.92. The normalized spacial score (nSPS) is 13.3. The Balaban J connectivity index is 1.89. The first-order valence-corrected chi connectivity index (χ1v) is 9.01. The van der Waals surface area contributed by atoms with Crippen molar-refractivity contribution >= 4 is 22.9 Å². The second-order valence-corrected chi connectivity index (χ2v) is 7.14. The molecule has 0 aliphatic heterocycles. The number of anilines is 1. The van der Waals surface area contributed by atoms with Crippen molar-refractivity contribution in [2.45, 2.75) is 45.7 Å². The summed E-state index contributed by atoms with van der Waals surface area (Å²) < 4.78 is 0. The second kappa shape index (κ2) is 8.80. The Labute approximate surface area is 147 Å². The number of nitrogens with one attached hydrogen (secondary N) is 2. The van der Waals surface area contributed by atoms with Crippen molar-refractivity contribution in [1.29, 1.82) is 0 Å². The highest BCUT2D eigenvalue weighted by molar-refractivity contribution is 7.11. The molecule has 0 aliphatic rings. The molecule has 1 heterocycles. The molecular formula is C18H25N3O2S. The van der Waals surface area contributed by atoms with Gasteiger partial charge >= 0.3 is 0 Å². The van der Waals surface area contributed by atoms with Gasteiger partial charge in [-0.1, -0.05) is 19.1 Å². The number of aliphatic hydroxyl groups is 1. The molecular weight excluding hydrogens is 322 g/mol. The first kappa shape index (κ1) is 18.4. The molecule has 3 N–H and O–H groups in total. The zero-order valence-electron chi connectivity index (χ0n) is 14.4. The zero-order valence-corrected chi connectivity index (χ0v) is 15.2. The Bertz CT molecular complexity index is 651. The van der Waals surface area contributed by atoms with Crippen LogP contribution in [0.3, 0.4) is 0 Å². The molecule has 1 aromatic carbocycles. The van der Waals surface area contributed by atoms with Crippen molar-refractivity contribution in [2.75, 3.05) is 11.9 Å². The standard InChI is InChI=1S/C18H25N3O2S/c1-4-15(11-22)21-18(23)9-14-5-7-16(8-6-14)20-12(2)17-10-19-13(3)24-17/h5-8,10,12,15,20,22H,4,9,11H2,1-3H3,(H,21,23). The van der Waals surface area contributed by atoms with E-state index in [1.807, 2.05) is 44.3 Å². The van der Waals surface area contributed by atoms with Crippen LogP contribution < -0.4 is 10.6 Å². The molecule has 1 aromatic heterocycles. The summed E-state index contributed by atoms with van der Waals surface area (Å²) in [6.07, 6.45) is 2.95. The molecule has 2 rings (SSSR count). The smallest absolute Gasteiger partial charge is 0.224 e. The van der Waals surface area contributed by atoms with Gasteiger partial charge in [0.25, 0.3) is 0 Å². The summed E-state index contributed by atoms with van der Waals surface area (Å²) in [6.45, 7) is 6.02. The van der Waals surface area contributed by atoms with E-state index in [1.165, 1.54) is 4.88 Å². The fourth-order valence-electron chi connectivity index (χ4n) is 2.36. The molecule has 0 radical (unpaired) electrons. The van der Waals surface area contributed by atoms with Crippen molar-refractivity contribution < 1.29 is 9.90 Å². The number of carbonyl (C=O) groups is 1. The van der Waals surface area contributed by atoms with Gasteiger partial charge in [0.05, 0.1) is 30.1 Å². The number of aromatic nitrogens is 1. The lowest BCUT2D eigenvalue weighted by Crippen LogP contribution is -2.37. The van der Waals surface area contributed by atoms with Gasteiger partial charge in [0.1, 0.15) is 0 Å². The number of hydrogen-bond donors (Lipinski definition) is 3. The average Bonchev–Trinajstić information content (AvgIpc) is 3.01. The van der Waals surface area contributed by atoms with Gasteiger partial charge in [-0.05, 0) is 38.0 Å². The van der Waals surface area contributed by atoms with Crippen molar-refractivity contribution in [2.24, 2.45) is 0 Å². The average molecular weight is 347 g/mol. The van der Waals surface area contributed by atoms with E-state index in [2.05, 4.69) is 22.5 Å². The maximum absolute atomic E-state index is 11.9. The summed E-state index contributed by atoms with van der Waals surface area (Å²) in [6, 6.07) is 7.90. The van der Waals surface area contributed by atoms with Gasteiger partial charge in [-0.25, -0.2) is 4.98 Å². The van der Waals surface area contributed by atoms with Gasteiger partial charge in [0.15, 0.2) is 0 Å². The maximum atomic E-state index is 11.9. The first-order chi connectivity index (χ1) is 11.5. The zero-order chi connectivity index (χ0) is 17.5. The minimum Gasteiger partial charge on any atom is -0.394 e. The minimum absolute atomic E-state index is 0.0277. The molecule has 0 bridgehead atoms. The number of nitrogens with zero attached hydrogens (tertiary/aromatic N) is 1. The van der Waals surface area contributed by atoms with Crippen LogP contribution in [0.15, 0.2) is 30.5 Å². The number of rotatable bonds is 8. The van der Waals surface area contributed by atoms with Crippen LogP contribution in [-0.4, -0.2) is 28.6 Å². The molecule has 1 amide bonds. The van der Waals surface area contributed by atoms with E-state index in [1.54, 1.807) is 11.3 Å². The number of benzene rings is 1. The minimum atomic E-state index is -0.165. The van der Waals surface area contributed by atoms with E-state index in [0.717, 1.165) is 22.7 Å². The van der Waals surface area contributed by atoms with Gasteiger partial charge < -0.3 is 15.7 Å². The van der Waals surface area contributed by atoms with Gasteiger partial charge in [-0.2, -0.15) is 0 Å². The Morgan fingerprint density at radius 2 is 2.04 bits per heavy atom. The predicted molar refractivity (Wildman–Crippen MR) is 98.3 cm³/mol. The quantitative estimate of drug-likeness (QED) is 0.686. The summed E-state index contributed by atoms with van der Waals surface area (Å²) in [5.41, 5.74) is 1.96. The van der Waals surface area contributed by atoms with Crippen molar-refractivity contribution in [3.05, 3.63) is 45.9 Å². The summed E-state index contributed by atoms with van der Waals surface area (Å²) in [5, 5.41) is 16.5. The highest BCUT2D eigenvalue weighted by Crippen LogP contribution is 2.24. The van der Waals surface area contributed by atoms with Crippen LogP contribution in [0.4, 0.5) is 5.69 Å². The Morgan fingerprint density at radius 1 is 1.33 bits per heavy atom. The lowest BCUT2D eigenvalue weighted by molar-refractivity contribution is -0.121. The summed E-state index contributed by atoms with van der Waals surface area (Å²) in [7, 11) is 0. The summed E-state index contributed by atoms with van der Waals surface area (Å²) >= 11 is 1.69. The van der Waals surface area contributed by atoms with E-state index < -0.39 is 0 Å². The van der Waals surface area contributed by atoms with E-state index in [4.69, 9.17) is 5.11 Å². The predicted octanol–water partition coefficient (Wildman–Crippen LogP) is 3.05. The third-order valence-corrected chi connectivity index (χ3v) is 4.94. The molecule has 0 fully saturated rings. The van der Waals surface area contributed by atoms with Crippen molar-refractivity contribution in [3.8, 4) is 0 Å². The van der Waals surface area contributed by atoms with Crippen LogP contribution in [0.2, 0.25) is 0 Å². The number of thiazole rings is 1. The Morgan fingerprint density at radius 3 is 2.58 bits per heavy atom. The summed E-state index contributed by atoms with van der Waals surface area (Å²) in [4.78, 5) is 17.4. The molecule has 24 heavy (non-hydrogen) atoms. The number of carbonyl (C=O) groups excluding carboxylic acids is 1. The number of hydrogen-bond acceptors (Lipinski definition) is 5. The van der Waals surface area contributed by atoms with Crippen LogP contribution in [0, 0.1) is 6.92 Å². The molecule has 0 saturated heterocycles. The molecule has 0 spiro atoms. The second-order valence-electron chi connectivity index (χ2n) is 5.88. The van der Waals surface area contributed by atoms with E-state index in [0.29, 0.717) is 6.42 Å². The van der Waals surface area contributed by atoms with E-state index in [-0.39, 0.29) is 24.6 Å². The van der Waals surface area contributed by atoms with Gasteiger partial charge in [0.2, 0.25) is 5.91 Å². The SMILES string of the molecule is CCC(CO)NC(=O)Cc1ccc(NC(C)c2cnc(C)s2)cc1. The lowest BCUT2D eigenvalue weighted by atomic mass is 10.1. The third-order valence-electron chi connectivity index (χ3n) is 3.85. The number of amides is 1. The van der Waals surface area contributed by atoms with Crippen LogP contribution in [0.1, 0.15) is 41.8 Å². The lowest BCUT2D eigenvalue weighted by Gasteiger charge is -2.15. The monoisotopic (exact) mass is 347 g/mol. The molecule has 2 atom stereocenters. The highest BCUT2D eigenvalue weighted by atomic mass is 32.1. The number of aryl methyl sites for hydroxylation is 1. The topological polar surface area (TPSA) is 74.2 Å². The van der Waals surface area contributed by atoms with Gasteiger partial charge in [-0.15, -0.1) is 11.3 Å². The van der Waals surface area contributed by atoms with Crippen molar-refractivity contribution in [1.82, 2.24) is 10.3 Å². The molecule has 2 unspecified atom stereocenters. The fourth-order valence-corrected chi connectivity index (χ4v) is 3.15. The Kier molecular flexibility index (Phi) is 6.75. The van der Waals surface area contributed by atoms with Crippen LogP contribution >= 0.6 is 11.3 Å². The molecule has 5 nitrogen and oxygen atoms in total. The first-order valence-electron chi connectivity index (χ1n) is 8.19. The van der Waals surface area contributed by atoms with Gasteiger partial charge in [0, 0.05) is 16.8 Å². The molecule has 6 heteroatoms. The third kappa shape index (κ3) is 5.32. The number of aliphatic hydroxyl groups excluding tert-OH is 1. The van der Waals surface area contributed by atoms with Crippen LogP contribution in [0.25, 0.3) is 0 Å². The van der Waals surface area contributed by atoms with E-state index >= 15 is 0 Å². The highest BCUT2D eigenvalue weighted by Gasteiger charge is 2.11. The van der Waals surface area contributed by atoms with Crippen molar-refractivity contribution in [3.63, 3.8) is 0 Å². The van der Waals surface area contributed by atoms with Crippen LogP contribution in [-0.2, 0) is 11.2 Å². The molecule has 0 saturated carbocycles. The molecule has 2 aromatic rings. The van der Waals surface area contributed by atoms with Gasteiger partial charge in [-0.3, -0.25) is 4.79 Å². The molecule has 0 aliphatic carbocycles. The maximum Gasteiger partial charge on any atom is 0.224 e. The largest absolute Gasteiger partial charge is 0.394 e. The van der Waals surface area contributed by atoms with Crippen LogP contribution in [0.5, 0.6) is 0 Å². The fraction of sp³-hybridized carbons (Fsp3) is 0.444. The molecule has 130 valence electrons. The summed E-state index contributed by atoms with van der Waals surface area (Å²) in [5.74, 6) is -0.0647.